The molecular formula is C58H112O6. The van der Waals surface area contributed by atoms with Crippen LogP contribution < -0.4 is 0 Å². The second kappa shape index (κ2) is 50.8. The molecule has 0 aliphatic carbocycles. The van der Waals surface area contributed by atoms with Gasteiger partial charge in [0, 0.05) is 19.3 Å². The second-order valence-electron chi connectivity index (χ2n) is 20.6. The standard InChI is InChI=1S/C58H112O6/c1-6-8-9-36-43-48-56(59)62-51-55(52-63-57(60)49-44-39-34-30-26-22-18-15-14-16-20-24-28-32-37-41-46-53(3)4)64-58(61)50-45-40-35-31-27-23-19-13-11-10-12-17-21-25-29-33-38-42-47-54(5)7-2/h53-55H,6-52H2,1-5H3/t54?,55-/m0/s1. The summed E-state index contributed by atoms with van der Waals surface area (Å²) in [5.74, 6) is 0.907. The third-order valence-corrected chi connectivity index (χ3v) is 13.6. The first-order valence-electron chi connectivity index (χ1n) is 28.8. The van der Waals surface area contributed by atoms with E-state index in [1.807, 2.05) is 0 Å². The van der Waals surface area contributed by atoms with Crippen LogP contribution in [0, 0.1) is 11.8 Å². The van der Waals surface area contributed by atoms with Crippen LogP contribution in [0.1, 0.15) is 324 Å². The maximum atomic E-state index is 12.8. The molecular weight excluding hydrogens is 793 g/mol. The van der Waals surface area contributed by atoms with E-state index in [4.69, 9.17) is 14.2 Å². The first-order valence-corrected chi connectivity index (χ1v) is 28.8. The Morgan fingerprint density at radius 3 is 0.891 bits per heavy atom. The van der Waals surface area contributed by atoms with Gasteiger partial charge >= 0.3 is 17.9 Å². The van der Waals surface area contributed by atoms with Crippen molar-refractivity contribution in [1.82, 2.24) is 0 Å². The number of esters is 3. The van der Waals surface area contributed by atoms with Crippen molar-refractivity contribution in [3.05, 3.63) is 0 Å². The molecule has 0 heterocycles. The molecule has 0 fully saturated rings. The molecule has 0 rings (SSSR count). The molecule has 0 aliphatic heterocycles. The Hall–Kier alpha value is -1.59. The van der Waals surface area contributed by atoms with Crippen LogP contribution >= 0.6 is 0 Å². The Morgan fingerprint density at radius 2 is 0.594 bits per heavy atom. The molecule has 6 heteroatoms. The molecule has 0 saturated carbocycles. The van der Waals surface area contributed by atoms with Crippen molar-refractivity contribution in [2.45, 2.75) is 330 Å². The summed E-state index contributed by atoms with van der Waals surface area (Å²) >= 11 is 0. The lowest BCUT2D eigenvalue weighted by Gasteiger charge is -2.18. The summed E-state index contributed by atoms with van der Waals surface area (Å²) in [5, 5.41) is 0. The first kappa shape index (κ1) is 62.4. The summed E-state index contributed by atoms with van der Waals surface area (Å²) < 4.78 is 16.7. The fraction of sp³-hybridized carbons (Fsp3) is 0.948. The molecule has 0 aliphatic rings. The Labute approximate surface area is 399 Å². The molecule has 0 aromatic rings. The normalized spacial score (nSPS) is 12.5. The van der Waals surface area contributed by atoms with E-state index in [2.05, 4.69) is 34.6 Å². The number of carbonyl (C=O) groups is 3. The van der Waals surface area contributed by atoms with E-state index in [1.165, 1.54) is 205 Å². The molecule has 2 atom stereocenters. The summed E-state index contributed by atoms with van der Waals surface area (Å²) in [6.07, 6.45) is 54.2. The van der Waals surface area contributed by atoms with Crippen molar-refractivity contribution < 1.29 is 28.6 Å². The Bertz CT molecular complexity index is 980. The van der Waals surface area contributed by atoms with Gasteiger partial charge in [0.05, 0.1) is 0 Å². The number of carbonyl (C=O) groups excluding carboxylic acids is 3. The smallest absolute Gasteiger partial charge is 0.306 e. The third-order valence-electron chi connectivity index (χ3n) is 13.6. The van der Waals surface area contributed by atoms with Crippen molar-refractivity contribution >= 4 is 17.9 Å². The zero-order valence-electron chi connectivity index (χ0n) is 43.9. The van der Waals surface area contributed by atoms with Gasteiger partial charge < -0.3 is 14.2 Å². The van der Waals surface area contributed by atoms with Gasteiger partial charge in [0.15, 0.2) is 6.10 Å². The molecule has 0 saturated heterocycles. The maximum Gasteiger partial charge on any atom is 0.306 e. The SMILES string of the molecule is CCCCCCCC(=O)OC[C@@H](COC(=O)CCCCCCCCCCCCCCCCCCC(C)C)OC(=O)CCCCCCCCCCCCCCCCCCCCC(C)CC. The number of hydrogen-bond donors (Lipinski definition) is 0. The molecule has 0 N–H and O–H groups in total. The van der Waals surface area contributed by atoms with Crippen LogP contribution in [0.15, 0.2) is 0 Å². The highest BCUT2D eigenvalue weighted by Crippen LogP contribution is 2.19. The predicted octanol–water partition coefficient (Wildman–Crippen LogP) is 18.9. The van der Waals surface area contributed by atoms with Crippen LogP contribution in [-0.4, -0.2) is 37.2 Å². The second-order valence-corrected chi connectivity index (χ2v) is 20.6. The zero-order chi connectivity index (χ0) is 46.8. The van der Waals surface area contributed by atoms with E-state index in [0.717, 1.165) is 76.0 Å². The van der Waals surface area contributed by atoms with Gasteiger partial charge in [-0.05, 0) is 31.1 Å². The molecule has 0 aromatic heterocycles. The van der Waals surface area contributed by atoms with E-state index in [1.54, 1.807) is 0 Å². The zero-order valence-corrected chi connectivity index (χ0v) is 43.9. The van der Waals surface area contributed by atoms with E-state index < -0.39 is 6.10 Å². The lowest BCUT2D eigenvalue weighted by Crippen LogP contribution is -2.30. The summed E-state index contributed by atoms with van der Waals surface area (Å²) in [6, 6.07) is 0. The molecule has 6 nitrogen and oxygen atoms in total. The van der Waals surface area contributed by atoms with Gasteiger partial charge in [-0.3, -0.25) is 14.4 Å². The lowest BCUT2D eigenvalue weighted by atomic mass is 9.99. The highest BCUT2D eigenvalue weighted by Gasteiger charge is 2.19. The predicted molar refractivity (Wildman–Crippen MR) is 275 cm³/mol. The first-order chi connectivity index (χ1) is 31.3. The molecule has 0 amide bonds. The van der Waals surface area contributed by atoms with E-state index >= 15 is 0 Å². The van der Waals surface area contributed by atoms with E-state index in [9.17, 15) is 14.4 Å². The average molecular weight is 906 g/mol. The van der Waals surface area contributed by atoms with Crippen molar-refractivity contribution in [2.75, 3.05) is 13.2 Å². The van der Waals surface area contributed by atoms with Gasteiger partial charge in [-0.2, -0.15) is 0 Å². The van der Waals surface area contributed by atoms with Gasteiger partial charge in [0.2, 0.25) is 0 Å². The fourth-order valence-electron chi connectivity index (χ4n) is 8.84. The highest BCUT2D eigenvalue weighted by atomic mass is 16.6. The van der Waals surface area contributed by atoms with Crippen molar-refractivity contribution in [3.8, 4) is 0 Å². The van der Waals surface area contributed by atoms with E-state index in [-0.39, 0.29) is 31.1 Å². The molecule has 0 radical (unpaired) electrons. The van der Waals surface area contributed by atoms with Crippen LogP contribution in [0.4, 0.5) is 0 Å². The summed E-state index contributed by atoms with van der Waals surface area (Å²) in [5.41, 5.74) is 0. The van der Waals surface area contributed by atoms with Crippen molar-refractivity contribution in [2.24, 2.45) is 11.8 Å². The average Bonchev–Trinajstić information content (AvgIpc) is 3.28. The van der Waals surface area contributed by atoms with Gasteiger partial charge in [0.1, 0.15) is 13.2 Å². The quantitative estimate of drug-likeness (QED) is 0.0344. The van der Waals surface area contributed by atoms with Gasteiger partial charge in [-0.1, -0.05) is 285 Å². The third kappa shape index (κ3) is 49.8. The lowest BCUT2D eigenvalue weighted by molar-refractivity contribution is -0.167. The monoisotopic (exact) mass is 905 g/mol. The van der Waals surface area contributed by atoms with E-state index in [0.29, 0.717) is 19.3 Å². The minimum atomic E-state index is -0.760. The Morgan fingerprint density at radius 1 is 0.328 bits per heavy atom. The van der Waals surface area contributed by atoms with Gasteiger partial charge in [-0.25, -0.2) is 0 Å². The molecule has 380 valence electrons. The van der Waals surface area contributed by atoms with Crippen molar-refractivity contribution in [3.63, 3.8) is 0 Å². The van der Waals surface area contributed by atoms with Crippen molar-refractivity contribution in [1.29, 1.82) is 0 Å². The van der Waals surface area contributed by atoms with Crippen LogP contribution in [0.3, 0.4) is 0 Å². The molecule has 0 spiro atoms. The van der Waals surface area contributed by atoms with Crippen LogP contribution in [0.5, 0.6) is 0 Å². The summed E-state index contributed by atoms with van der Waals surface area (Å²) in [6.45, 7) is 11.4. The number of ether oxygens (including phenoxy) is 3. The molecule has 1 unspecified atom stereocenters. The molecule has 0 bridgehead atoms. The number of unbranched alkanes of at least 4 members (excludes halogenated alkanes) is 36. The minimum absolute atomic E-state index is 0.0639. The minimum Gasteiger partial charge on any atom is -0.462 e. The van der Waals surface area contributed by atoms with Gasteiger partial charge in [0.25, 0.3) is 0 Å². The fourth-order valence-corrected chi connectivity index (χ4v) is 8.84. The molecule has 64 heavy (non-hydrogen) atoms. The van der Waals surface area contributed by atoms with Crippen LogP contribution in [0.2, 0.25) is 0 Å². The van der Waals surface area contributed by atoms with Crippen LogP contribution in [0.25, 0.3) is 0 Å². The maximum absolute atomic E-state index is 12.8. The topological polar surface area (TPSA) is 78.9 Å². The van der Waals surface area contributed by atoms with Gasteiger partial charge in [-0.15, -0.1) is 0 Å². The highest BCUT2D eigenvalue weighted by molar-refractivity contribution is 5.71. The largest absolute Gasteiger partial charge is 0.462 e. The van der Waals surface area contributed by atoms with Crippen LogP contribution in [-0.2, 0) is 28.6 Å². The Balaban J connectivity index is 4.04. The Kier molecular flexibility index (Phi) is 49.6. The summed E-state index contributed by atoms with van der Waals surface area (Å²) in [7, 11) is 0. The summed E-state index contributed by atoms with van der Waals surface area (Å²) in [4.78, 5) is 37.8. The molecule has 0 aromatic carbocycles. The number of hydrogen-bond acceptors (Lipinski definition) is 6. The number of rotatable bonds is 52.